The molecule has 2 amide bonds. The van der Waals surface area contributed by atoms with Crippen molar-refractivity contribution in [2.24, 2.45) is 0 Å². The van der Waals surface area contributed by atoms with Gasteiger partial charge in [0.1, 0.15) is 11.8 Å². The standard InChI is InChI=1S/C18H23F2N5O5S/c1-28-16(31)21-9-12-10-24(17(26)30-12)11-7-13(19)15(14(20)8-11)23-4-3-22-25(6-5-23)18(27)29-2/h7-8,12,22H,3-6,9-10H2,1-2H3,(H,21,31)/t12-/m0/s1. The van der Waals surface area contributed by atoms with E-state index < -0.39 is 29.9 Å². The van der Waals surface area contributed by atoms with Crippen LogP contribution < -0.4 is 20.5 Å². The maximum absolute atomic E-state index is 14.9. The van der Waals surface area contributed by atoms with E-state index in [0.29, 0.717) is 0 Å². The third-order valence-electron chi connectivity index (χ3n) is 4.84. The number of ether oxygens (including phenoxy) is 3. The van der Waals surface area contributed by atoms with Crippen LogP contribution in [0.2, 0.25) is 0 Å². The highest BCUT2D eigenvalue weighted by atomic mass is 32.1. The molecule has 2 N–H and O–H groups in total. The van der Waals surface area contributed by atoms with Gasteiger partial charge < -0.3 is 24.4 Å². The van der Waals surface area contributed by atoms with Gasteiger partial charge in [-0.1, -0.05) is 0 Å². The summed E-state index contributed by atoms with van der Waals surface area (Å²) in [5.41, 5.74) is 2.66. The second-order valence-electron chi connectivity index (χ2n) is 6.76. The predicted octanol–water partition coefficient (Wildman–Crippen LogP) is 1.20. The minimum Gasteiger partial charge on any atom is -0.474 e. The minimum absolute atomic E-state index is 0.0460. The fourth-order valence-corrected chi connectivity index (χ4v) is 3.42. The van der Waals surface area contributed by atoms with Crippen molar-refractivity contribution in [3.8, 4) is 0 Å². The van der Waals surface area contributed by atoms with Crippen molar-refractivity contribution in [2.45, 2.75) is 6.10 Å². The van der Waals surface area contributed by atoms with Crippen LogP contribution >= 0.6 is 12.2 Å². The minimum atomic E-state index is -0.823. The molecule has 0 unspecified atom stereocenters. The molecule has 10 nitrogen and oxygen atoms in total. The SMILES string of the molecule is COC(=O)N1CCN(c2c(F)cc(N3C[C@H](CNC(=S)OC)OC3=O)cc2F)CCN1. The van der Waals surface area contributed by atoms with Crippen LogP contribution in [0.3, 0.4) is 0 Å². The molecule has 2 heterocycles. The van der Waals surface area contributed by atoms with Gasteiger partial charge in [-0.2, -0.15) is 0 Å². The summed E-state index contributed by atoms with van der Waals surface area (Å²) in [5.74, 6) is -1.65. The Bertz CT molecular complexity index is 838. The summed E-state index contributed by atoms with van der Waals surface area (Å²) in [7, 11) is 2.66. The Morgan fingerprint density at radius 3 is 2.61 bits per heavy atom. The molecule has 1 aromatic carbocycles. The quantitative estimate of drug-likeness (QED) is 0.644. The summed E-state index contributed by atoms with van der Waals surface area (Å²) >= 11 is 4.87. The summed E-state index contributed by atoms with van der Waals surface area (Å²) in [4.78, 5) is 26.5. The molecule has 2 fully saturated rings. The number of nitrogens with zero attached hydrogens (tertiary/aromatic N) is 3. The predicted molar refractivity (Wildman–Crippen MR) is 111 cm³/mol. The van der Waals surface area contributed by atoms with Gasteiger partial charge in [-0.3, -0.25) is 4.90 Å². The van der Waals surface area contributed by atoms with E-state index in [4.69, 9.17) is 21.7 Å². The van der Waals surface area contributed by atoms with Gasteiger partial charge in [0, 0.05) is 31.8 Å². The van der Waals surface area contributed by atoms with Crippen LogP contribution in [0.15, 0.2) is 12.1 Å². The van der Waals surface area contributed by atoms with Gasteiger partial charge in [-0.25, -0.2) is 28.8 Å². The molecule has 0 saturated carbocycles. The van der Waals surface area contributed by atoms with Gasteiger partial charge in [0.25, 0.3) is 5.17 Å². The zero-order chi connectivity index (χ0) is 22.5. The van der Waals surface area contributed by atoms with E-state index >= 15 is 0 Å². The molecule has 2 aliphatic heterocycles. The van der Waals surface area contributed by atoms with E-state index in [1.165, 1.54) is 24.1 Å². The zero-order valence-corrected chi connectivity index (χ0v) is 17.8. The van der Waals surface area contributed by atoms with Crippen molar-refractivity contribution in [1.29, 1.82) is 0 Å². The smallest absolute Gasteiger partial charge is 0.424 e. The normalized spacial score (nSPS) is 19.0. The van der Waals surface area contributed by atoms with E-state index in [1.54, 1.807) is 0 Å². The number of nitrogens with one attached hydrogen (secondary N) is 2. The van der Waals surface area contributed by atoms with Crippen molar-refractivity contribution in [1.82, 2.24) is 15.8 Å². The molecule has 1 atom stereocenters. The van der Waals surface area contributed by atoms with Crippen LogP contribution in [0.5, 0.6) is 0 Å². The number of hydrogen-bond donors (Lipinski definition) is 2. The van der Waals surface area contributed by atoms with Crippen molar-refractivity contribution in [3.05, 3.63) is 23.8 Å². The highest BCUT2D eigenvalue weighted by molar-refractivity contribution is 7.80. The molecule has 0 aliphatic carbocycles. The fraction of sp³-hybridized carbons (Fsp3) is 0.500. The lowest BCUT2D eigenvalue weighted by Gasteiger charge is -2.24. The van der Waals surface area contributed by atoms with Crippen LogP contribution in [-0.4, -0.2) is 82.0 Å². The molecule has 31 heavy (non-hydrogen) atoms. The van der Waals surface area contributed by atoms with Gasteiger partial charge in [0.05, 0.1) is 39.5 Å². The number of hydrazine groups is 1. The molecule has 0 spiro atoms. The number of anilines is 2. The van der Waals surface area contributed by atoms with Gasteiger partial charge in [-0.15, -0.1) is 0 Å². The molecule has 0 radical (unpaired) electrons. The molecule has 0 aromatic heterocycles. The number of carbonyl (C=O) groups excluding carboxylic acids is 2. The summed E-state index contributed by atoms with van der Waals surface area (Å²) in [6.45, 7) is 1.21. The van der Waals surface area contributed by atoms with E-state index in [0.717, 1.165) is 17.0 Å². The first-order valence-electron chi connectivity index (χ1n) is 9.47. The maximum Gasteiger partial charge on any atom is 0.424 e. The highest BCUT2D eigenvalue weighted by Gasteiger charge is 2.34. The average Bonchev–Trinajstić information content (AvgIpc) is 2.95. The molecular weight excluding hydrogens is 436 g/mol. The fourth-order valence-electron chi connectivity index (χ4n) is 3.34. The average molecular weight is 459 g/mol. The number of carbonyl (C=O) groups is 2. The van der Waals surface area contributed by atoms with Crippen molar-refractivity contribution in [2.75, 3.05) is 63.3 Å². The third kappa shape index (κ3) is 5.22. The molecule has 2 aliphatic rings. The second kappa shape index (κ2) is 9.92. The van der Waals surface area contributed by atoms with Crippen LogP contribution in [0.4, 0.5) is 29.7 Å². The lowest BCUT2D eigenvalue weighted by atomic mass is 10.2. The molecule has 0 bridgehead atoms. The number of halogens is 2. The number of cyclic esters (lactones) is 1. The van der Waals surface area contributed by atoms with Crippen LogP contribution in [0.25, 0.3) is 0 Å². The number of benzene rings is 1. The van der Waals surface area contributed by atoms with Crippen LogP contribution in [-0.2, 0) is 14.2 Å². The second-order valence-corrected chi connectivity index (χ2v) is 7.13. The van der Waals surface area contributed by atoms with E-state index in [9.17, 15) is 18.4 Å². The van der Waals surface area contributed by atoms with Gasteiger partial charge in [-0.05, 0) is 12.2 Å². The lowest BCUT2D eigenvalue weighted by molar-refractivity contribution is 0.106. The number of rotatable bonds is 4. The largest absolute Gasteiger partial charge is 0.474 e. The highest BCUT2D eigenvalue weighted by Crippen LogP contribution is 2.31. The summed E-state index contributed by atoms with van der Waals surface area (Å²) in [6.07, 6.45) is -1.86. The monoisotopic (exact) mass is 459 g/mol. The maximum atomic E-state index is 14.9. The Morgan fingerprint density at radius 2 is 1.97 bits per heavy atom. The Kier molecular flexibility index (Phi) is 7.28. The molecule has 2 saturated heterocycles. The molecule has 1 aromatic rings. The van der Waals surface area contributed by atoms with Gasteiger partial charge in [0.15, 0.2) is 11.6 Å². The Hall–Kier alpha value is -2.93. The Morgan fingerprint density at radius 1 is 1.26 bits per heavy atom. The van der Waals surface area contributed by atoms with E-state index in [2.05, 4.69) is 15.5 Å². The molecule has 3 rings (SSSR count). The number of thiocarbonyl (C=S) groups is 1. The van der Waals surface area contributed by atoms with Gasteiger partial charge >= 0.3 is 12.2 Å². The summed E-state index contributed by atoms with van der Waals surface area (Å²) < 4.78 is 44.5. The molecule has 13 heteroatoms. The third-order valence-corrected chi connectivity index (χ3v) is 5.15. The Balaban J connectivity index is 1.71. The first kappa shape index (κ1) is 22.7. The van der Waals surface area contributed by atoms with Crippen LogP contribution in [0, 0.1) is 11.6 Å². The molecular formula is C18H23F2N5O5S. The topological polar surface area (TPSA) is 95.6 Å². The van der Waals surface area contributed by atoms with Crippen molar-refractivity contribution >= 4 is 41.0 Å². The number of hydrogen-bond acceptors (Lipinski definition) is 8. The first-order chi connectivity index (χ1) is 14.8. The molecule has 170 valence electrons. The van der Waals surface area contributed by atoms with E-state index in [1.807, 2.05) is 0 Å². The number of methoxy groups -OCH3 is 2. The van der Waals surface area contributed by atoms with Crippen LogP contribution in [0.1, 0.15) is 0 Å². The summed E-state index contributed by atoms with van der Waals surface area (Å²) in [5, 5.41) is 4.16. The zero-order valence-electron chi connectivity index (χ0n) is 17.0. The summed E-state index contributed by atoms with van der Waals surface area (Å²) in [6, 6.07) is 2.18. The lowest BCUT2D eigenvalue weighted by Crippen LogP contribution is -2.43. The van der Waals surface area contributed by atoms with Crippen molar-refractivity contribution < 1.29 is 32.6 Å². The van der Waals surface area contributed by atoms with E-state index in [-0.39, 0.29) is 55.8 Å². The Labute approximate surface area is 183 Å². The van der Waals surface area contributed by atoms with Crippen molar-refractivity contribution in [3.63, 3.8) is 0 Å². The number of amides is 2. The van der Waals surface area contributed by atoms with Gasteiger partial charge in [0.2, 0.25) is 0 Å². The first-order valence-corrected chi connectivity index (χ1v) is 9.87.